The van der Waals surface area contributed by atoms with Gasteiger partial charge in [-0.3, -0.25) is 4.79 Å². The summed E-state index contributed by atoms with van der Waals surface area (Å²) in [6.07, 6.45) is 0. The van der Waals surface area contributed by atoms with Crippen LogP contribution in [0, 0.1) is 5.82 Å². The maximum atomic E-state index is 13.1. The number of halogens is 1. The van der Waals surface area contributed by atoms with Crippen LogP contribution in [-0.4, -0.2) is 18.2 Å². The van der Waals surface area contributed by atoms with Crippen molar-refractivity contribution < 1.29 is 19.0 Å². The van der Waals surface area contributed by atoms with Crippen LogP contribution in [0.15, 0.2) is 18.2 Å². The van der Waals surface area contributed by atoms with Crippen LogP contribution in [0.3, 0.4) is 0 Å². The lowest BCUT2D eigenvalue weighted by molar-refractivity contribution is -0.138. The molecule has 3 N–H and O–H groups in total. The van der Waals surface area contributed by atoms with Crippen LogP contribution in [0.1, 0.15) is 11.6 Å². The first kappa shape index (κ1) is 10.5. The molecule has 1 aromatic rings. The van der Waals surface area contributed by atoms with Crippen LogP contribution in [-0.2, 0) is 4.79 Å². The molecule has 0 unspecified atom stereocenters. The minimum absolute atomic E-state index is 0.0614. The Morgan fingerprint density at radius 1 is 1.64 bits per heavy atom. The molecule has 1 rings (SSSR count). The molecule has 0 fully saturated rings. The van der Waals surface area contributed by atoms with Crippen molar-refractivity contribution in [1.82, 2.24) is 0 Å². The fourth-order valence-corrected chi connectivity index (χ4v) is 1.02. The van der Waals surface area contributed by atoms with Gasteiger partial charge in [-0.15, -0.1) is 0 Å². The molecule has 14 heavy (non-hydrogen) atoms. The number of carbonyl (C=O) groups is 1. The Morgan fingerprint density at radius 3 is 2.71 bits per heavy atom. The maximum absolute atomic E-state index is 13.1. The summed E-state index contributed by atoms with van der Waals surface area (Å²) in [6.45, 7) is 0. The first-order chi connectivity index (χ1) is 6.56. The van der Waals surface area contributed by atoms with E-state index in [1.54, 1.807) is 0 Å². The summed E-state index contributed by atoms with van der Waals surface area (Å²) in [6, 6.07) is 2.60. The average molecular weight is 199 g/mol. The zero-order valence-electron chi connectivity index (χ0n) is 7.53. The van der Waals surface area contributed by atoms with Crippen LogP contribution in [0.25, 0.3) is 0 Å². The molecule has 0 aliphatic carbocycles. The lowest BCUT2D eigenvalue weighted by Crippen LogP contribution is -2.20. The van der Waals surface area contributed by atoms with Crippen molar-refractivity contribution in [1.29, 1.82) is 0 Å². The normalized spacial score (nSPS) is 12.2. The SMILES string of the molecule is COc1ccc([C@H](N)C(=O)O)cc1F. The number of carboxylic acid groups (broad SMARTS) is 1. The summed E-state index contributed by atoms with van der Waals surface area (Å²) in [5.41, 5.74) is 5.50. The van der Waals surface area contributed by atoms with Gasteiger partial charge in [0, 0.05) is 0 Å². The molecule has 76 valence electrons. The van der Waals surface area contributed by atoms with E-state index in [-0.39, 0.29) is 11.3 Å². The minimum atomic E-state index is -1.21. The van der Waals surface area contributed by atoms with Crippen LogP contribution in [0.2, 0.25) is 0 Å². The molecule has 0 radical (unpaired) electrons. The first-order valence-electron chi connectivity index (χ1n) is 3.88. The monoisotopic (exact) mass is 199 g/mol. The summed E-state index contributed by atoms with van der Waals surface area (Å²) in [5.74, 6) is -1.76. The molecule has 5 heteroatoms. The highest BCUT2D eigenvalue weighted by molar-refractivity contribution is 5.75. The number of hydrogen-bond donors (Lipinski definition) is 2. The molecule has 4 nitrogen and oxygen atoms in total. The topological polar surface area (TPSA) is 72.5 Å². The van der Waals surface area contributed by atoms with Crippen LogP contribution in [0.5, 0.6) is 5.75 Å². The third-order valence-electron chi connectivity index (χ3n) is 1.80. The van der Waals surface area contributed by atoms with Crippen molar-refractivity contribution in [2.24, 2.45) is 5.73 Å². The summed E-state index contributed by atoms with van der Waals surface area (Å²) in [5, 5.41) is 8.57. The van der Waals surface area contributed by atoms with Gasteiger partial charge in [0.1, 0.15) is 6.04 Å². The molecule has 0 amide bonds. The molecule has 0 spiro atoms. The number of benzene rings is 1. The molecule has 1 aromatic carbocycles. The second-order valence-electron chi connectivity index (χ2n) is 2.71. The van der Waals surface area contributed by atoms with Crippen molar-refractivity contribution >= 4 is 5.97 Å². The van der Waals surface area contributed by atoms with Gasteiger partial charge < -0.3 is 15.6 Å². The zero-order valence-corrected chi connectivity index (χ0v) is 7.53. The third kappa shape index (κ3) is 2.00. The molecule has 1 atom stereocenters. The van der Waals surface area contributed by atoms with E-state index in [4.69, 9.17) is 10.8 Å². The van der Waals surface area contributed by atoms with Crippen LogP contribution >= 0.6 is 0 Å². The number of aliphatic carboxylic acids is 1. The van der Waals surface area contributed by atoms with Gasteiger partial charge in [0.15, 0.2) is 11.6 Å². The molecule has 0 saturated heterocycles. The number of rotatable bonds is 3. The smallest absolute Gasteiger partial charge is 0.325 e. The predicted molar refractivity (Wildman–Crippen MR) is 47.5 cm³/mol. The van der Waals surface area contributed by atoms with Gasteiger partial charge in [-0.05, 0) is 17.7 Å². The Bertz CT molecular complexity index is 354. The fourth-order valence-electron chi connectivity index (χ4n) is 1.02. The summed E-state index contributed by atoms with van der Waals surface area (Å²) < 4.78 is 17.8. The number of carboxylic acids is 1. The number of ether oxygens (including phenoxy) is 1. The van der Waals surface area contributed by atoms with E-state index < -0.39 is 17.8 Å². The molecular formula is C9H10FNO3. The number of hydrogen-bond acceptors (Lipinski definition) is 3. The van der Waals surface area contributed by atoms with Crippen molar-refractivity contribution in [2.75, 3.05) is 7.11 Å². The van der Waals surface area contributed by atoms with Crippen LogP contribution in [0.4, 0.5) is 4.39 Å². The standard InChI is InChI=1S/C9H10FNO3/c1-14-7-3-2-5(4-6(7)10)8(11)9(12)13/h2-4,8H,11H2,1H3,(H,12,13)/t8-/m0/s1. The Balaban J connectivity index is 3.02. The van der Waals surface area contributed by atoms with E-state index in [1.807, 2.05) is 0 Å². The molecule has 0 aliphatic rings. The van der Waals surface area contributed by atoms with E-state index in [0.29, 0.717) is 0 Å². The first-order valence-corrected chi connectivity index (χ1v) is 3.88. The van der Waals surface area contributed by atoms with Gasteiger partial charge in [-0.25, -0.2) is 4.39 Å². The minimum Gasteiger partial charge on any atom is -0.494 e. The van der Waals surface area contributed by atoms with E-state index in [2.05, 4.69) is 4.74 Å². The highest BCUT2D eigenvalue weighted by Gasteiger charge is 2.15. The number of methoxy groups -OCH3 is 1. The molecule has 0 bridgehead atoms. The third-order valence-corrected chi connectivity index (χ3v) is 1.80. The van der Waals surface area contributed by atoms with E-state index >= 15 is 0 Å². The summed E-state index contributed by atoms with van der Waals surface area (Å²) in [4.78, 5) is 10.5. The maximum Gasteiger partial charge on any atom is 0.325 e. The lowest BCUT2D eigenvalue weighted by atomic mass is 10.1. The quantitative estimate of drug-likeness (QED) is 0.759. The van der Waals surface area contributed by atoms with E-state index in [9.17, 15) is 9.18 Å². The lowest BCUT2D eigenvalue weighted by Gasteiger charge is -2.08. The zero-order chi connectivity index (χ0) is 10.7. The molecule has 0 aliphatic heterocycles. The van der Waals surface area contributed by atoms with Gasteiger partial charge >= 0.3 is 5.97 Å². The second kappa shape index (κ2) is 4.06. The van der Waals surface area contributed by atoms with Crippen LogP contribution < -0.4 is 10.5 Å². The van der Waals surface area contributed by atoms with E-state index in [0.717, 1.165) is 6.07 Å². The summed E-state index contributed by atoms with van der Waals surface area (Å²) >= 11 is 0. The van der Waals surface area contributed by atoms with Crippen molar-refractivity contribution in [2.45, 2.75) is 6.04 Å². The van der Waals surface area contributed by atoms with Crippen molar-refractivity contribution in [3.8, 4) is 5.75 Å². The molecular weight excluding hydrogens is 189 g/mol. The van der Waals surface area contributed by atoms with Gasteiger partial charge in [0.2, 0.25) is 0 Å². The van der Waals surface area contributed by atoms with Crippen molar-refractivity contribution in [3.05, 3.63) is 29.6 Å². The van der Waals surface area contributed by atoms with Gasteiger partial charge in [-0.1, -0.05) is 6.07 Å². The predicted octanol–water partition coefficient (Wildman–Crippen LogP) is 0.919. The number of nitrogens with two attached hydrogens (primary N) is 1. The highest BCUT2D eigenvalue weighted by Crippen LogP contribution is 2.20. The Kier molecular flexibility index (Phi) is 3.03. The van der Waals surface area contributed by atoms with E-state index in [1.165, 1.54) is 19.2 Å². The molecule has 0 heterocycles. The van der Waals surface area contributed by atoms with Gasteiger partial charge in [-0.2, -0.15) is 0 Å². The second-order valence-corrected chi connectivity index (χ2v) is 2.71. The Morgan fingerprint density at radius 2 is 2.29 bits per heavy atom. The average Bonchev–Trinajstić information content (AvgIpc) is 2.16. The fraction of sp³-hybridized carbons (Fsp3) is 0.222. The molecule has 0 saturated carbocycles. The largest absolute Gasteiger partial charge is 0.494 e. The van der Waals surface area contributed by atoms with Crippen molar-refractivity contribution in [3.63, 3.8) is 0 Å². The van der Waals surface area contributed by atoms with Gasteiger partial charge in [0.25, 0.3) is 0 Å². The Hall–Kier alpha value is -1.62. The summed E-state index contributed by atoms with van der Waals surface area (Å²) in [7, 11) is 1.33. The molecule has 0 aromatic heterocycles. The van der Waals surface area contributed by atoms with Gasteiger partial charge in [0.05, 0.1) is 7.11 Å². The Labute approximate surface area is 80.1 Å². The highest BCUT2D eigenvalue weighted by atomic mass is 19.1.